The fraction of sp³-hybridized carbons (Fsp3) is 0.316. The van der Waals surface area contributed by atoms with E-state index in [9.17, 15) is 18.0 Å². The molecule has 0 fully saturated rings. The lowest BCUT2D eigenvalue weighted by atomic mass is 10.1. The zero-order valence-electron chi connectivity index (χ0n) is 16.0. The molecule has 1 N–H and O–H groups in total. The van der Waals surface area contributed by atoms with E-state index in [2.05, 4.69) is 15.5 Å². The number of aryl methyl sites for hydroxylation is 1. The molecule has 1 atom stereocenters. The lowest BCUT2D eigenvalue weighted by Gasteiger charge is -2.13. The van der Waals surface area contributed by atoms with Crippen LogP contribution in [0, 0.1) is 13.8 Å². The number of nitrogens with zero attached hydrogens (tertiary/aromatic N) is 4. The Hall–Kier alpha value is -2.81. The van der Waals surface area contributed by atoms with E-state index in [1.807, 2.05) is 31.2 Å². The Morgan fingerprint density at radius 3 is 2.59 bits per heavy atom. The van der Waals surface area contributed by atoms with Crippen LogP contribution >= 0.6 is 11.6 Å². The van der Waals surface area contributed by atoms with Crippen molar-refractivity contribution in [3.05, 3.63) is 64.1 Å². The first-order valence-corrected chi connectivity index (χ1v) is 9.15. The van der Waals surface area contributed by atoms with Gasteiger partial charge >= 0.3 is 6.18 Å². The molecule has 1 amide bonds. The monoisotopic (exact) mass is 425 g/mol. The number of carbonyl (C=O) groups is 1. The summed E-state index contributed by atoms with van der Waals surface area (Å²) in [6, 6.07) is 8.55. The van der Waals surface area contributed by atoms with E-state index in [0.717, 1.165) is 15.8 Å². The van der Waals surface area contributed by atoms with Gasteiger partial charge in [-0.1, -0.05) is 41.4 Å². The van der Waals surface area contributed by atoms with Crippen LogP contribution in [0.25, 0.3) is 0 Å². The fourth-order valence-corrected chi connectivity index (χ4v) is 3.14. The topological polar surface area (TPSA) is 64.7 Å². The summed E-state index contributed by atoms with van der Waals surface area (Å²) in [4.78, 5) is 12.5. The molecule has 0 saturated heterocycles. The summed E-state index contributed by atoms with van der Waals surface area (Å²) < 4.78 is 41.6. The second-order valence-corrected chi connectivity index (χ2v) is 7.12. The van der Waals surface area contributed by atoms with Gasteiger partial charge in [0.2, 0.25) is 5.91 Å². The molecule has 3 aromatic rings. The van der Waals surface area contributed by atoms with E-state index < -0.39 is 28.8 Å². The molecule has 6 nitrogen and oxygen atoms in total. The number of hydrogen-bond acceptors (Lipinski definition) is 3. The Morgan fingerprint density at radius 2 is 1.97 bits per heavy atom. The maximum Gasteiger partial charge on any atom is 0.436 e. The number of rotatable bonds is 5. The molecule has 0 saturated carbocycles. The lowest BCUT2D eigenvalue weighted by Crippen LogP contribution is -2.26. The SMILES string of the molecule is Cc1cccc(Cn2ccc(NC(=O)C(C)n3nc(C(F)(F)F)c(Cl)c3C)n2)c1. The van der Waals surface area contributed by atoms with Gasteiger partial charge in [0.25, 0.3) is 0 Å². The largest absolute Gasteiger partial charge is 0.436 e. The second kappa shape index (κ2) is 7.90. The number of aromatic nitrogens is 4. The number of amides is 1. The number of carbonyl (C=O) groups excluding carboxylic acids is 1. The highest BCUT2D eigenvalue weighted by molar-refractivity contribution is 6.32. The molecule has 2 aromatic heterocycles. The fourth-order valence-electron chi connectivity index (χ4n) is 2.91. The van der Waals surface area contributed by atoms with Gasteiger partial charge in [-0.15, -0.1) is 0 Å². The van der Waals surface area contributed by atoms with Crippen molar-refractivity contribution in [2.24, 2.45) is 0 Å². The van der Waals surface area contributed by atoms with E-state index in [0.29, 0.717) is 12.4 Å². The zero-order chi connectivity index (χ0) is 21.3. The molecule has 1 aromatic carbocycles. The summed E-state index contributed by atoms with van der Waals surface area (Å²) in [6.45, 7) is 5.34. The Morgan fingerprint density at radius 1 is 1.24 bits per heavy atom. The number of anilines is 1. The molecule has 0 spiro atoms. The highest BCUT2D eigenvalue weighted by Gasteiger charge is 2.39. The molecule has 0 aliphatic heterocycles. The quantitative estimate of drug-likeness (QED) is 0.649. The third-order valence-corrected chi connectivity index (χ3v) is 4.86. The van der Waals surface area contributed by atoms with Gasteiger partial charge in [-0.3, -0.25) is 14.2 Å². The molecule has 0 radical (unpaired) electrons. The minimum atomic E-state index is -4.70. The van der Waals surface area contributed by atoms with Crippen molar-refractivity contribution in [1.82, 2.24) is 19.6 Å². The average Bonchev–Trinajstić information content (AvgIpc) is 3.19. The van der Waals surface area contributed by atoms with Gasteiger partial charge in [0.15, 0.2) is 11.5 Å². The van der Waals surface area contributed by atoms with Crippen molar-refractivity contribution in [2.75, 3.05) is 5.32 Å². The van der Waals surface area contributed by atoms with Crippen LogP contribution in [0.15, 0.2) is 36.5 Å². The predicted octanol–water partition coefficient (Wildman–Crippen LogP) is 4.62. The first-order valence-electron chi connectivity index (χ1n) is 8.78. The van der Waals surface area contributed by atoms with Crippen LogP contribution in [-0.4, -0.2) is 25.5 Å². The van der Waals surface area contributed by atoms with Crippen molar-refractivity contribution in [3.8, 4) is 0 Å². The molecule has 10 heteroatoms. The first-order chi connectivity index (χ1) is 13.6. The molecule has 154 valence electrons. The maximum atomic E-state index is 13.0. The molecule has 1 unspecified atom stereocenters. The Balaban J connectivity index is 1.72. The number of alkyl halides is 3. The standard InChI is InChI=1S/C19H19ClF3N5O/c1-11-5-4-6-14(9-11)10-27-8-7-15(25-27)24-18(29)13(3)28-12(2)16(20)17(26-28)19(21,22)23/h4-9,13H,10H2,1-3H3,(H,24,25,29). The van der Waals surface area contributed by atoms with Crippen molar-refractivity contribution < 1.29 is 18.0 Å². The maximum absolute atomic E-state index is 13.0. The second-order valence-electron chi connectivity index (χ2n) is 6.74. The van der Waals surface area contributed by atoms with Crippen LogP contribution in [-0.2, 0) is 17.5 Å². The van der Waals surface area contributed by atoms with Crippen molar-refractivity contribution in [3.63, 3.8) is 0 Å². The third kappa shape index (κ3) is 4.61. The average molecular weight is 426 g/mol. The summed E-state index contributed by atoms with van der Waals surface area (Å²) in [7, 11) is 0. The Bertz CT molecular complexity index is 1040. The minimum Gasteiger partial charge on any atom is -0.307 e. The summed E-state index contributed by atoms with van der Waals surface area (Å²) in [5.74, 6) is -0.261. The van der Waals surface area contributed by atoms with E-state index in [1.54, 1.807) is 16.9 Å². The van der Waals surface area contributed by atoms with Crippen LogP contribution in [0.4, 0.5) is 19.0 Å². The Kier molecular flexibility index (Phi) is 5.70. The van der Waals surface area contributed by atoms with Crippen molar-refractivity contribution >= 4 is 23.3 Å². The van der Waals surface area contributed by atoms with Gasteiger partial charge in [-0.05, 0) is 26.3 Å². The minimum absolute atomic E-state index is 0.0617. The first kappa shape index (κ1) is 20.9. The van der Waals surface area contributed by atoms with Crippen LogP contribution < -0.4 is 5.32 Å². The predicted molar refractivity (Wildman–Crippen MR) is 103 cm³/mol. The summed E-state index contributed by atoms with van der Waals surface area (Å²) in [6.07, 6.45) is -2.99. The molecule has 0 aliphatic rings. The lowest BCUT2D eigenvalue weighted by molar-refractivity contribution is -0.141. The van der Waals surface area contributed by atoms with Gasteiger partial charge in [0.05, 0.1) is 17.3 Å². The molecule has 2 heterocycles. The van der Waals surface area contributed by atoms with Gasteiger partial charge in [0.1, 0.15) is 6.04 Å². The molecule has 29 heavy (non-hydrogen) atoms. The number of hydrogen-bond donors (Lipinski definition) is 1. The van der Waals surface area contributed by atoms with E-state index in [4.69, 9.17) is 11.6 Å². The molecular weight excluding hydrogens is 407 g/mol. The normalized spacial score (nSPS) is 12.8. The smallest absolute Gasteiger partial charge is 0.307 e. The van der Waals surface area contributed by atoms with Crippen molar-refractivity contribution in [1.29, 1.82) is 0 Å². The van der Waals surface area contributed by atoms with E-state index in [-0.39, 0.29) is 5.69 Å². The molecular formula is C19H19ClF3N5O. The van der Waals surface area contributed by atoms with E-state index in [1.165, 1.54) is 13.8 Å². The van der Waals surface area contributed by atoms with Crippen LogP contribution in [0.1, 0.15) is 35.5 Å². The van der Waals surface area contributed by atoms with Crippen molar-refractivity contribution in [2.45, 2.75) is 39.5 Å². The Labute approximate surface area is 170 Å². The highest BCUT2D eigenvalue weighted by atomic mass is 35.5. The summed E-state index contributed by atoms with van der Waals surface area (Å²) >= 11 is 5.75. The van der Waals surface area contributed by atoms with Gasteiger partial charge in [-0.2, -0.15) is 23.4 Å². The molecule has 3 rings (SSSR count). The number of benzene rings is 1. The molecule has 0 aliphatic carbocycles. The summed E-state index contributed by atoms with van der Waals surface area (Å²) in [5.41, 5.74) is 1.04. The third-order valence-electron chi connectivity index (χ3n) is 4.41. The number of halogens is 4. The van der Waals surface area contributed by atoms with Gasteiger partial charge in [-0.25, -0.2) is 0 Å². The summed E-state index contributed by atoms with van der Waals surface area (Å²) in [5, 5.41) is 9.85. The van der Waals surface area contributed by atoms with Crippen LogP contribution in [0.3, 0.4) is 0 Å². The van der Waals surface area contributed by atoms with Crippen LogP contribution in [0.5, 0.6) is 0 Å². The number of nitrogens with one attached hydrogen (secondary N) is 1. The molecule has 0 bridgehead atoms. The van der Waals surface area contributed by atoms with Gasteiger partial charge in [0, 0.05) is 12.3 Å². The van der Waals surface area contributed by atoms with E-state index >= 15 is 0 Å². The van der Waals surface area contributed by atoms with Crippen LogP contribution in [0.2, 0.25) is 5.02 Å². The zero-order valence-corrected chi connectivity index (χ0v) is 16.7. The highest BCUT2D eigenvalue weighted by Crippen LogP contribution is 2.36. The van der Waals surface area contributed by atoms with Gasteiger partial charge < -0.3 is 5.32 Å².